The quantitative estimate of drug-likeness (QED) is 0.857. The molecule has 1 aromatic rings. The minimum Gasteiger partial charge on any atom is -0.319 e. The Labute approximate surface area is 115 Å². The Kier molecular flexibility index (Phi) is 3.32. The highest BCUT2D eigenvalue weighted by molar-refractivity contribution is 6.32. The molecule has 2 rings (SSSR count). The summed E-state index contributed by atoms with van der Waals surface area (Å²) in [6, 6.07) is 6.22. The lowest BCUT2D eigenvalue weighted by Crippen LogP contribution is -2.41. The van der Waals surface area contributed by atoms with Crippen LogP contribution in [0.15, 0.2) is 24.3 Å². The van der Waals surface area contributed by atoms with Gasteiger partial charge in [0.2, 0.25) is 0 Å². The third-order valence-corrected chi connectivity index (χ3v) is 3.40. The van der Waals surface area contributed by atoms with E-state index in [1.165, 1.54) is 6.92 Å². The first-order valence-electron chi connectivity index (χ1n) is 5.75. The van der Waals surface area contributed by atoms with Crippen molar-refractivity contribution >= 4 is 29.3 Å². The van der Waals surface area contributed by atoms with Gasteiger partial charge in [-0.05, 0) is 19.9 Å². The van der Waals surface area contributed by atoms with Crippen LogP contribution in [0.4, 0.5) is 4.79 Å². The molecule has 1 heterocycles. The summed E-state index contributed by atoms with van der Waals surface area (Å²) in [6.07, 6.45) is 0. The molecule has 1 aliphatic heterocycles. The number of rotatable bonds is 3. The lowest BCUT2D eigenvalue weighted by atomic mass is 9.92. The zero-order chi connectivity index (χ0) is 14.2. The lowest BCUT2D eigenvalue weighted by molar-refractivity contribution is -0.133. The van der Waals surface area contributed by atoms with Crippen LogP contribution in [0, 0.1) is 0 Å². The molecule has 0 unspecified atom stereocenters. The van der Waals surface area contributed by atoms with Crippen molar-refractivity contribution in [3.63, 3.8) is 0 Å². The number of hydrogen-bond donors (Lipinski definition) is 1. The molecule has 1 fully saturated rings. The summed E-state index contributed by atoms with van der Waals surface area (Å²) in [4.78, 5) is 36.2. The summed E-state index contributed by atoms with van der Waals surface area (Å²) in [7, 11) is 0. The second-order valence-electron chi connectivity index (χ2n) is 4.63. The fraction of sp³-hybridized carbons (Fsp3) is 0.308. The van der Waals surface area contributed by atoms with Crippen molar-refractivity contribution in [1.29, 1.82) is 0 Å². The Hall–Kier alpha value is -1.88. The van der Waals surface area contributed by atoms with Gasteiger partial charge in [0, 0.05) is 10.6 Å². The number of amides is 3. The molecular formula is C13H13ClN2O3. The highest BCUT2D eigenvalue weighted by Gasteiger charge is 2.49. The Morgan fingerprint density at radius 2 is 2.00 bits per heavy atom. The van der Waals surface area contributed by atoms with Gasteiger partial charge in [-0.25, -0.2) is 4.79 Å². The molecule has 1 aliphatic rings. The van der Waals surface area contributed by atoms with Crippen LogP contribution in [0.3, 0.4) is 0 Å². The molecule has 5 nitrogen and oxygen atoms in total. The monoisotopic (exact) mass is 280 g/mol. The number of benzene rings is 1. The third-order valence-electron chi connectivity index (χ3n) is 3.07. The zero-order valence-electron chi connectivity index (χ0n) is 10.6. The first-order valence-corrected chi connectivity index (χ1v) is 6.12. The molecule has 0 spiro atoms. The maximum atomic E-state index is 12.4. The Balaban J connectivity index is 2.41. The smallest absolute Gasteiger partial charge is 0.319 e. The van der Waals surface area contributed by atoms with E-state index in [1.54, 1.807) is 31.2 Å². The zero-order valence-corrected chi connectivity index (χ0v) is 11.3. The second-order valence-corrected chi connectivity index (χ2v) is 5.04. The summed E-state index contributed by atoms with van der Waals surface area (Å²) in [5.74, 6) is -0.729. The maximum absolute atomic E-state index is 12.4. The summed E-state index contributed by atoms with van der Waals surface area (Å²) in [5.41, 5.74) is -0.716. The average molecular weight is 281 g/mol. The number of Topliss-reactive ketones (excluding diaryl/α,β-unsaturated/α-hetero) is 1. The lowest BCUT2D eigenvalue weighted by Gasteiger charge is -2.23. The summed E-state index contributed by atoms with van der Waals surface area (Å²) in [5, 5.41) is 2.99. The molecule has 19 heavy (non-hydrogen) atoms. The first-order chi connectivity index (χ1) is 8.86. The Bertz CT molecular complexity index is 573. The fourth-order valence-corrected chi connectivity index (χ4v) is 2.44. The number of carbonyl (C=O) groups excluding carboxylic acids is 3. The van der Waals surface area contributed by atoms with Crippen molar-refractivity contribution in [3.05, 3.63) is 34.9 Å². The van der Waals surface area contributed by atoms with Gasteiger partial charge in [0.05, 0.1) is 6.54 Å². The maximum Gasteiger partial charge on any atom is 0.325 e. The van der Waals surface area contributed by atoms with E-state index in [0.29, 0.717) is 10.6 Å². The molecule has 0 aromatic heterocycles. The van der Waals surface area contributed by atoms with Crippen molar-refractivity contribution < 1.29 is 14.4 Å². The Morgan fingerprint density at radius 3 is 2.58 bits per heavy atom. The van der Waals surface area contributed by atoms with E-state index >= 15 is 0 Å². The molecule has 1 N–H and O–H groups in total. The van der Waals surface area contributed by atoms with E-state index in [1.807, 2.05) is 0 Å². The highest BCUT2D eigenvalue weighted by atomic mass is 35.5. The van der Waals surface area contributed by atoms with E-state index < -0.39 is 17.5 Å². The summed E-state index contributed by atoms with van der Waals surface area (Å²) >= 11 is 6.07. The molecule has 6 heteroatoms. The highest BCUT2D eigenvalue weighted by Crippen LogP contribution is 2.33. The number of carbonyl (C=O) groups is 3. The topological polar surface area (TPSA) is 66.5 Å². The van der Waals surface area contributed by atoms with E-state index in [2.05, 4.69) is 5.32 Å². The van der Waals surface area contributed by atoms with Gasteiger partial charge in [0.25, 0.3) is 5.91 Å². The van der Waals surface area contributed by atoms with Crippen molar-refractivity contribution in [3.8, 4) is 0 Å². The van der Waals surface area contributed by atoms with Crippen LogP contribution in [0.1, 0.15) is 19.4 Å². The van der Waals surface area contributed by atoms with E-state index in [0.717, 1.165) is 4.90 Å². The van der Waals surface area contributed by atoms with E-state index in [9.17, 15) is 14.4 Å². The third kappa shape index (κ3) is 2.21. The SMILES string of the molecule is CC(=O)CN1C(=O)N[C@@](C)(c2ccccc2Cl)C1=O. The van der Waals surface area contributed by atoms with Gasteiger partial charge in [0.1, 0.15) is 11.3 Å². The molecule has 1 saturated heterocycles. The van der Waals surface area contributed by atoms with Gasteiger partial charge in [0.15, 0.2) is 0 Å². The van der Waals surface area contributed by atoms with Crippen LogP contribution in [-0.4, -0.2) is 29.2 Å². The summed E-state index contributed by atoms with van der Waals surface area (Å²) in [6.45, 7) is 2.67. The molecule has 1 atom stereocenters. The van der Waals surface area contributed by atoms with Crippen LogP contribution in [0.25, 0.3) is 0 Å². The molecule has 0 radical (unpaired) electrons. The van der Waals surface area contributed by atoms with Gasteiger partial charge >= 0.3 is 6.03 Å². The first kappa shape index (κ1) is 13.5. The molecular weight excluding hydrogens is 268 g/mol. The molecule has 0 aliphatic carbocycles. The van der Waals surface area contributed by atoms with E-state index in [4.69, 9.17) is 11.6 Å². The van der Waals surface area contributed by atoms with E-state index in [-0.39, 0.29) is 12.3 Å². The van der Waals surface area contributed by atoms with Crippen LogP contribution in [-0.2, 0) is 15.1 Å². The van der Waals surface area contributed by atoms with Crippen molar-refractivity contribution in [2.45, 2.75) is 19.4 Å². The van der Waals surface area contributed by atoms with Gasteiger partial charge in [-0.1, -0.05) is 29.8 Å². The molecule has 100 valence electrons. The minimum absolute atomic E-state index is 0.231. The molecule has 0 saturated carbocycles. The predicted molar refractivity (Wildman–Crippen MR) is 69.7 cm³/mol. The number of halogens is 1. The molecule has 0 bridgehead atoms. The summed E-state index contributed by atoms with van der Waals surface area (Å²) < 4.78 is 0. The van der Waals surface area contributed by atoms with Crippen LogP contribution in [0.2, 0.25) is 5.02 Å². The average Bonchev–Trinajstić information content (AvgIpc) is 2.54. The minimum atomic E-state index is -1.23. The van der Waals surface area contributed by atoms with Crippen molar-refractivity contribution in [2.75, 3.05) is 6.54 Å². The molecule has 1 aromatic carbocycles. The normalized spacial score (nSPS) is 22.6. The predicted octanol–water partition coefficient (Wildman–Crippen LogP) is 1.70. The Morgan fingerprint density at radius 1 is 1.37 bits per heavy atom. The number of hydrogen-bond acceptors (Lipinski definition) is 3. The van der Waals surface area contributed by atoms with Gasteiger partial charge in [-0.3, -0.25) is 14.5 Å². The van der Waals surface area contributed by atoms with Crippen molar-refractivity contribution in [1.82, 2.24) is 10.2 Å². The second kappa shape index (κ2) is 4.66. The van der Waals surface area contributed by atoms with Crippen LogP contribution < -0.4 is 5.32 Å². The van der Waals surface area contributed by atoms with Crippen LogP contribution in [0.5, 0.6) is 0 Å². The number of ketones is 1. The number of urea groups is 1. The van der Waals surface area contributed by atoms with Gasteiger partial charge in [-0.15, -0.1) is 0 Å². The largest absolute Gasteiger partial charge is 0.325 e. The number of nitrogens with zero attached hydrogens (tertiary/aromatic N) is 1. The number of imide groups is 1. The number of nitrogens with one attached hydrogen (secondary N) is 1. The fourth-order valence-electron chi connectivity index (χ4n) is 2.11. The molecule has 3 amide bonds. The van der Waals surface area contributed by atoms with Crippen LogP contribution >= 0.6 is 11.6 Å². The van der Waals surface area contributed by atoms with Gasteiger partial charge in [-0.2, -0.15) is 0 Å². The van der Waals surface area contributed by atoms with Crippen molar-refractivity contribution in [2.24, 2.45) is 0 Å². The standard InChI is InChI=1S/C13H13ClN2O3/c1-8(17)7-16-11(18)13(2,15-12(16)19)9-5-3-4-6-10(9)14/h3-6H,7H2,1-2H3,(H,15,19)/t13-/m0/s1. The van der Waals surface area contributed by atoms with Gasteiger partial charge < -0.3 is 5.32 Å².